The normalized spacial score (nSPS) is 20.5. The van der Waals surface area contributed by atoms with Gasteiger partial charge in [-0.25, -0.2) is 4.39 Å². The van der Waals surface area contributed by atoms with Crippen LogP contribution in [0.4, 0.5) is 4.39 Å². The molecule has 82 valence electrons. The van der Waals surface area contributed by atoms with Gasteiger partial charge in [-0.1, -0.05) is 6.07 Å². The van der Waals surface area contributed by atoms with Crippen LogP contribution in [0, 0.1) is 12.7 Å². The van der Waals surface area contributed by atoms with Crippen LogP contribution >= 0.6 is 0 Å². The van der Waals surface area contributed by atoms with Gasteiger partial charge in [0.25, 0.3) is 0 Å². The lowest BCUT2D eigenvalue weighted by Gasteiger charge is -2.30. The van der Waals surface area contributed by atoms with Crippen LogP contribution in [0.15, 0.2) is 12.1 Å². The fourth-order valence-electron chi connectivity index (χ4n) is 2.40. The average molecular weight is 207 g/mol. The zero-order valence-corrected chi connectivity index (χ0v) is 9.68. The molecule has 0 fully saturated rings. The van der Waals surface area contributed by atoms with Crippen molar-refractivity contribution in [1.29, 1.82) is 0 Å². The Labute approximate surface area is 90.9 Å². The molecule has 1 aromatic rings. The molecule has 0 heterocycles. The lowest BCUT2D eigenvalue weighted by Crippen LogP contribution is -2.34. The summed E-state index contributed by atoms with van der Waals surface area (Å²) in [5.41, 5.74) is 3.19. The summed E-state index contributed by atoms with van der Waals surface area (Å²) in [6, 6.07) is 4.27. The van der Waals surface area contributed by atoms with E-state index in [-0.39, 0.29) is 5.82 Å². The smallest absolute Gasteiger partial charge is 0.126 e. The van der Waals surface area contributed by atoms with Crippen LogP contribution in [-0.4, -0.2) is 25.0 Å². The SMILES string of the molecule is Cc1cc(F)c2c(c1)CCC(N(C)C)C2. The number of likely N-dealkylation sites (N-methyl/N-ethyl adjacent to an activating group) is 1. The number of benzene rings is 1. The van der Waals surface area contributed by atoms with Gasteiger partial charge in [-0.05, 0) is 63.0 Å². The number of nitrogens with zero attached hydrogens (tertiary/aromatic N) is 1. The molecule has 2 heteroatoms. The quantitative estimate of drug-likeness (QED) is 0.684. The molecule has 0 saturated heterocycles. The maximum atomic E-state index is 13.8. The van der Waals surface area contributed by atoms with E-state index in [2.05, 4.69) is 25.1 Å². The highest BCUT2D eigenvalue weighted by Gasteiger charge is 2.22. The zero-order chi connectivity index (χ0) is 11.0. The molecule has 0 radical (unpaired) electrons. The number of halogens is 1. The van der Waals surface area contributed by atoms with Crippen LogP contribution in [0.25, 0.3) is 0 Å². The van der Waals surface area contributed by atoms with E-state index in [9.17, 15) is 4.39 Å². The minimum Gasteiger partial charge on any atom is -0.306 e. The van der Waals surface area contributed by atoms with Gasteiger partial charge in [-0.2, -0.15) is 0 Å². The molecule has 1 aromatic carbocycles. The largest absolute Gasteiger partial charge is 0.306 e. The van der Waals surface area contributed by atoms with Crippen LogP contribution in [0.3, 0.4) is 0 Å². The summed E-state index contributed by atoms with van der Waals surface area (Å²) >= 11 is 0. The lowest BCUT2D eigenvalue weighted by molar-refractivity contribution is 0.265. The standard InChI is InChI=1S/C13H18FN/c1-9-6-10-4-5-11(15(2)3)8-12(10)13(14)7-9/h6-7,11H,4-5,8H2,1-3H3. The molecule has 1 nitrogen and oxygen atoms in total. The molecule has 0 saturated carbocycles. The Morgan fingerprint density at radius 3 is 2.73 bits per heavy atom. The van der Waals surface area contributed by atoms with Crippen LogP contribution in [0.2, 0.25) is 0 Å². The molecule has 1 unspecified atom stereocenters. The van der Waals surface area contributed by atoms with E-state index >= 15 is 0 Å². The molecule has 2 rings (SSSR count). The van der Waals surface area contributed by atoms with Crippen molar-refractivity contribution in [2.45, 2.75) is 32.2 Å². The molecule has 0 bridgehead atoms. The van der Waals surface area contributed by atoms with E-state index in [1.54, 1.807) is 6.07 Å². The summed E-state index contributed by atoms with van der Waals surface area (Å²) in [6.07, 6.45) is 3.01. The van der Waals surface area contributed by atoms with Crippen molar-refractivity contribution in [2.24, 2.45) is 0 Å². The Hall–Kier alpha value is -0.890. The maximum absolute atomic E-state index is 13.8. The van der Waals surface area contributed by atoms with Crippen LogP contribution in [0.1, 0.15) is 23.1 Å². The van der Waals surface area contributed by atoms with Gasteiger partial charge in [0, 0.05) is 6.04 Å². The Morgan fingerprint density at radius 2 is 2.07 bits per heavy atom. The summed E-state index contributed by atoms with van der Waals surface area (Å²) in [7, 11) is 4.14. The third-order valence-electron chi connectivity index (χ3n) is 3.35. The van der Waals surface area contributed by atoms with Crippen molar-refractivity contribution in [2.75, 3.05) is 14.1 Å². The van der Waals surface area contributed by atoms with E-state index in [1.165, 1.54) is 5.56 Å². The zero-order valence-electron chi connectivity index (χ0n) is 9.68. The Balaban J connectivity index is 2.33. The lowest BCUT2D eigenvalue weighted by atomic mass is 9.86. The second-order valence-electron chi connectivity index (χ2n) is 4.74. The van der Waals surface area contributed by atoms with Gasteiger partial charge in [-0.3, -0.25) is 0 Å². The average Bonchev–Trinajstić information content (AvgIpc) is 2.16. The molecule has 1 atom stereocenters. The highest BCUT2D eigenvalue weighted by molar-refractivity contribution is 5.35. The minimum absolute atomic E-state index is 0.0171. The van der Waals surface area contributed by atoms with Crippen molar-refractivity contribution in [1.82, 2.24) is 4.90 Å². The van der Waals surface area contributed by atoms with E-state index in [4.69, 9.17) is 0 Å². The first-order valence-corrected chi connectivity index (χ1v) is 5.52. The Bertz CT molecular complexity index is 371. The number of hydrogen-bond donors (Lipinski definition) is 0. The van der Waals surface area contributed by atoms with Gasteiger partial charge >= 0.3 is 0 Å². The molecular weight excluding hydrogens is 189 g/mol. The summed E-state index contributed by atoms with van der Waals surface area (Å²) in [5.74, 6) is -0.0171. The topological polar surface area (TPSA) is 3.24 Å². The molecule has 0 aromatic heterocycles. The number of aryl methyl sites for hydroxylation is 2. The second kappa shape index (κ2) is 3.93. The minimum atomic E-state index is -0.0171. The molecular formula is C13H18FN. The van der Waals surface area contributed by atoms with Gasteiger partial charge in [0.2, 0.25) is 0 Å². The first-order chi connectivity index (χ1) is 7.08. The first kappa shape index (κ1) is 10.6. The van der Waals surface area contributed by atoms with E-state index in [0.29, 0.717) is 6.04 Å². The number of fused-ring (bicyclic) bond motifs is 1. The van der Waals surface area contributed by atoms with Gasteiger partial charge in [0.1, 0.15) is 5.82 Å². The molecule has 0 aliphatic heterocycles. The Kier molecular flexibility index (Phi) is 2.79. The van der Waals surface area contributed by atoms with Crippen molar-refractivity contribution in [3.8, 4) is 0 Å². The molecule has 0 N–H and O–H groups in total. The summed E-state index contributed by atoms with van der Waals surface area (Å²) < 4.78 is 13.8. The maximum Gasteiger partial charge on any atom is 0.126 e. The van der Waals surface area contributed by atoms with Crippen LogP contribution < -0.4 is 0 Å². The van der Waals surface area contributed by atoms with Crippen molar-refractivity contribution in [3.63, 3.8) is 0 Å². The molecule has 0 amide bonds. The second-order valence-corrected chi connectivity index (χ2v) is 4.74. The van der Waals surface area contributed by atoms with Gasteiger partial charge in [0.15, 0.2) is 0 Å². The molecule has 1 aliphatic rings. The highest BCUT2D eigenvalue weighted by Crippen LogP contribution is 2.26. The van der Waals surface area contributed by atoms with Gasteiger partial charge in [0.05, 0.1) is 0 Å². The van der Waals surface area contributed by atoms with Gasteiger partial charge in [-0.15, -0.1) is 0 Å². The number of rotatable bonds is 1. The fraction of sp³-hybridized carbons (Fsp3) is 0.538. The summed E-state index contributed by atoms with van der Waals surface area (Å²) in [6.45, 7) is 1.96. The van der Waals surface area contributed by atoms with Crippen molar-refractivity contribution >= 4 is 0 Å². The Morgan fingerprint density at radius 1 is 1.33 bits per heavy atom. The van der Waals surface area contributed by atoms with Crippen LogP contribution in [-0.2, 0) is 12.8 Å². The molecule has 0 spiro atoms. The number of hydrogen-bond acceptors (Lipinski definition) is 1. The van der Waals surface area contributed by atoms with Crippen LogP contribution in [0.5, 0.6) is 0 Å². The van der Waals surface area contributed by atoms with E-state index in [0.717, 1.165) is 30.4 Å². The van der Waals surface area contributed by atoms with E-state index < -0.39 is 0 Å². The van der Waals surface area contributed by atoms with Crippen molar-refractivity contribution in [3.05, 3.63) is 34.6 Å². The third kappa shape index (κ3) is 2.05. The summed E-state index contributed by atoms with van der Waals surface area (Å²) in [5, 5.41) is 0. The predicted molar refractivity (Wildman–Crippen MR) is 60.6 cm³/mol. The monoisotopic (exact) mass is 207 g/mol. The third-order valence-corrected chi connectivity index (χ3v) is 3.35. The molecule has 1 aliphatic carbocycles. The first-order valence-electron chi connectivity index (χ1n) is 5.52. The van der Waals surface area contributed by atoms with Gasteiger partial charge < -0.3 is 4.90 Å². The fourth-order valence-corrected chi connectivity index (χ4v) is 2.40. The predicted octanol–water partition coefficient (Wildman–Crippen LogP) is 2.55. The molecule has 15 heavy (non-hydrogen) atoms. The highest BCUT2D eigenvalue weighted by atomic mass is 19.1. The van der Waals surface area contributed by atoms with Crippen molar-refractivity contribution < 1.29 is 4.39 Å². The van der Waals surface area contributed by atoms with E-state index in [1.807, 2.05) is 6.92 Å². The summed E-state index contributed by atoms with van der Waals surface area (Å²) in [4.78, 5) is 2.20.